The Labute approximate surface area is 127 Å². The third-order valence-electron chi connectivity index (χ3n) is 4.31. The van der Waals surface area contributed by atoms with Gasteiger partial charge in [-0.25, -0.2) is 0 Å². The van der Waals surface area contributed by atoms with Crippen LogP contribution < -0.4 is 5.73 Å². The molecule has 4 heteroatoms. The Morgan fingerprint density at radius 2 is 1.95 bits per heavy atom. The highest BCUT2D eigenvalue weighted by Crippen LogP contribution is 2.27. The Hall–Kier alpha value is -0.610. The van der Waals surface area contributed by atoms with E-state index < -0.39 is 0 Å². The van der Waals surface area contributed by atoms with Crippen LogP contribution >= 0.6 is 11.6 Å². The number of nitrogens with zero attached hydrogens (tertiary/aromatic N) is 2. The van der Waals surface area contributed by atoms with Gasteiger partial charge in [-0.1, -0.05) is 30.7 Å². The third kappa shape index (κ3) is 3.53. The summed E-state index contributed by atoms with van der Waals surface area (Å²) in [6.07, 6.45) is 0. The van der Waals surface area contributed by atoms with Crippen molar-refractivity contribution in [2.45, 2.75) is 38.9 Å². The number of benzene rings is 1. The van der Waals surface area contributed by atoms with Crippen molar-refractivity contribution in [2.75, 3.05) is 26.2 Å². The van der Waals surface area contributed by atoms with Crippen LogP contribution in [0.25, 0.3) is 0 Å². The molecular formula is C16H26ClN3. The van der Waals surface area contributed by atoms with Crippen LogP contribution in [0.3, 0.4) is 0 Å². The van der Waals surface area contributed by atoms with Crippen molar-refractivity contribution >= 4 is 11.6 Å². The molecule has 2 rings (SSSR count). The Kier molecular flexibility index (Phi) is 5.44. The number of hydrogen-bond donors (Lipinski definition) is 1. The quantitative estimate of drug-likeness (QED) is 0.927. The van der Waals surface area contributed by atoms with Crippen molar-refractivity contribution in [3.63, 3.8) is 0 Å². The van der Waals surface area contributed by atoms with Gasteiger partial charge in [0, 0.05) is 42.8 Å². The number of piperazine rings is 1. The summed E-state index contributed by atoms with van der Waals surface area (Å²) in [5, 5.41) is 0.779. The fraction of sp³-hybridized carbons (Fsp3) is 0.625. The van der Waals surface area contributed by atoms with E-state index in [4.69, 9.17) is 17.3 Å². The molecule has 1 aromatic carbocycles. The highest BCUT2D eigenvalue weighted by atomic mass is 35.5. The Balaban J connectivity index is 2.15. The van der Waals surface area contributed by atoms with Gasteiger partial charge in [0.2, 0.25) is 0 Å². The second-order valence-corrected chi connectivity index (χ2v) is 6.26. The van der Waals surface area contributed by atoms with Gasteiger partial charge in [0.25, 0.3) is 0 Å². The monoisotopic (exact) mass is 295 g/mol. The average molecular weight is 296 g/mol. The van der Waals surface area contributed by atoms with Crippen molar-refractivity contribution in [1.29, 1.82) is 0 Å². The normalized spacial score (nSPS) is 24.6. The van der Waals surface area contributed by atoms with Gasteiger partial charge >= 0.3 is 0 Å². The van der Waals surface area contributed by atoms with E-state index in [1.165, 1.54) is 5.56 Å². The van der Waals surface area contributed by atoms with E-state index in [9.17, 15) is 0 Å². The predicted octanol–water partition coefficient (Wildman–Crippen LogP) is 2.75. The lowest BCUT2D eigenvalue weighted by Crippen LogP contribution is -2.54. The molecule has 1 aliphatic rings. The summed E-state index contributed by atoms with van der Waals surface area (Å²) in [7, 11) is 0. The molecule has 3 atom stereocenters. The van der Waals surface area contributed by atoms with Gasteiger partial charge in [-0.05, 0) is 38.1 Å². The first-order valence-corrected chi connectivity index (χ1v) is 7.90. The molecule has 20 heavy (non-hydrogen) atoms. The minimum Gasteiger partial charge on any atom is -0.326 e. The smallest absolute Gasteiger partial charge is 0.0497 e. The molecule has 0 amide bonds. The van der Waals surface area contributed by atoms with E-state index in [0.29, 0.717) is 6.04 Å². The Morgan fingerprint density at radius 1 is 1.30 bits per heavy atom. The van der Waals surface area contributed by atoms with E-state index in [0.717, 1.165) is 31.2 Å². The van der Waals surface area contributed by atoms with Crippen molar-refractivity contribution in [2.24, 2.45) is 5.73 Å². The number of rotatable bonds is 4. The lowest BCUT2D eigenvalue weighted by Gasteiger charge is -2.44. The summed E-state index contributed by atoms with van der Waals surface area (Å²) >= 11 is 5.99. The van der Waals surface area contributed by atoms with E-state index in [1.54, 1.807) is 0 Å². The molecule has 1 aromatic rings. The molecule has 1 heterocycles. The minimum atomic E-state index is 0.108. The van der Waals surface area contributed by atoms with Crippen LogP contribution in [0.4, 0.5) is 0 Å². The van der Waals surface area contributed by atoms with Gasteiger partial charge in [-0.15, -0.1) is 0 Å². The Bertz CT molecular complexity index is 418. The number of halogens is 1. The summed E-state index contributed by atoms with van der Waals surface area (Å²) in [6, 6.07) is 9.09. The topological polar surface area (TPSA) is 32.5 Å². The molecule has 3 unspecified atom stereocenters. The molecule has 0 aliphatic carbocycles. The lowest BCUT2D eigenvalue weighted by molar-refractivity contribution is 0.0516. The molecule has 3 nitrogen and oxygen atoms in total. The molecule has 0 aromatic heterocycles. The maximum atomic E-state index is 6.26. The first kappa shape index (κ1) is 15.8. The van der Waals surface area contributed by atoms with Crippen molar-refractivity contribution in [1.82, 2.24) is 9.80 Å². The molecular weight excluding hydrogens is 270 g/mol. The van der Waals surface area contributed by atoms with Gasteiger partial charge in [-0.3, -0.25) is 9.80 Å². The molecule has 0 spiro atoms. The van der Waals surface area contributed by atoms with Gasteiger partial charge in [0.15, 0.2) is 0 Å². The summed E-state index contributed by atoms with van der Waals surface area (Å²) in [4.78, 5) is 5.04. The maximum absolute atomic E-state index is 6.26. The molecule has 1 fully saturated rings. The first-order valence-electron chi connectivity index (χ1n) is 7.52. The van der Waals surface area contributed by atoms with Gasteiger partial charge in [0.05, 0.1) is 0 Å². The van der Waals surface area contributed by atoms with Crippen LogP contribution in [0.15, 0.2) is 24.3 Å². The van der Waals surface area contributed by atoms with Crippen LogP contribution in [0, 0.1) is 0 Å². The number of likely N-dealkylation sites (N-methyl/N-ethyl adjacent to an activating group) is 1. The lowest BCUT2D eigenvalue weighted by atomic mass is 9.97. The highest BCUT2D eigenvalue weighted by molar-refractivity contribution is 6.30. The zero-order chi connectivity index (χ0) is 14.7. The van der Waals surface area contributed by atoms with Gasteiger partial charge in [0.1, 0.15) is 0 Å². The van der Waals surface area contributed by atoms with Crippen molar-refractivity contribution < 1.29 is 0 Å². The zero-order valence-corrected chi connectivity index (χ0v) is 13.5. The minimum absolute atomic E-state index is 0.108. The second-order valence-electron chi connectivity index (χ2n) is 5.83. The largest absolute Gasteiger partial charge is 0.326 e. The van der Waals surface area contributed by atoms with Gasteiger partial charge < -0.3 is 5.73 Å². The number of nitrogens with two attached hydrogens (primary N) is 1. The summed E-state index contributed by atoms with van der Waals surface area (Å²) in [6.45, 7) is 11.0. The summed E-state index contributed by atoms with van der Waals surface area (Å²) in [5.74, 6) is 0. The fourth-order valence-electron chi connectivity index (χ4n) is 3.25. The standard InChI is InChI=1S/C16H26ClN3/c1-4-19-9-10-20(11-12(19)2)16(13(3)18)14-5-7-15(17)8-6-14/h5-8,12-13,16H,4,9-11,18H2,1-3H3. The van der Waals surface area contributed by atoms with Crippen LogP contribution in [0.1, 0.15) is 32.4 Å². The van der Waals surface area contributed by atoms with Gasteiger partial charge in [-0.2, -0.15) is 0 Å². The van der Waals surface area contributed by atoms with Crippen molar-refractivity contribution in [3.05, 3.63) is 34.9 Å². The maximum Gasteiger partial charge on any atom is 0.0497 e. The molecule has 0 radical (unpaired) electrons. The molecule has 112 valence electrons. The summed E-state index contributed by atoms with van der Waals surface area (Å²) in [5.41, 5.74) is 7.53. The van der Waals surface area contributed by atoms with Crippen LogP contribution in [0.5, 0.6) is 0 Å². The molecule has 1 aliphatic heterocycles. The predicted molar refractivity (Wildman–Crippen MR) is 86.1 cm³/mol. The third-order valence-corrected chi connectivity index (χ3v) is 4.56. The first-order chi connectivity index (χ1) is 9.52. The SMILES string of the molecule is CCN1CCN(C(c2ccc(Cl)cc2)C(C)N)CC1C. The number of hydrogen-bond acceptors (Lipinski definition) is 3. The van der Waals surface area contributed by atoms with Crippen LogP contribution in [-0.4, -0.2) is 48.1 Å². The molecule has 1 saturated heterocycles. The summed E-state index contributed by atoms with van der Waals surface area (Å²) < 4.78 is 0. The van der Waals surface area contributed by atoms with E-state index in [-0.39, 0.29) is 12.1 Å². The second kappa shape index (κ2) is 6.90. The fourth-order valence-corrected chi connectivity index (χ4v) is 3.38. The van der Waals surface area contributed by atoms with E-state index >= 15 is 0 Å². The van der Waals surface area contributed by atoms with E-state index in [1.807, 2.05) is 12.1 Å². The average Bonchev–Trinajstić information content (AvgIpc) is 2.41. The zero-order valence-electron chi connectivity index (χ0n) is 12.7. The Morgan fingerprint density at radius 3 is 2.45 bits per heavy atom. The highest BCUT2D eigenvalue weighted by Gasteiger charge is 2.30. The van der Waals surface area contributed by atoms with Crippen molar-refractivity contribution in [3.8, 4) is 0 Å². The van der Waals surface area contributed by atoms with Crippen LogP contribution in [0.2, 0.25) is 5.02 Å². The molecule has 2 N–H and O–H groups in total. The molecule has 0 saturated carbocycles. The van der Waals surface area contributed by atoms with E-state index in [2.05, 4.69) is 42.7 Å². The van der Waals surface area contributed by atoms with Crippen LogP contribution in [-0.2, 0) is 0 Å². The molecule has 0 bridgehead atoms.